The van der Waals surface area contributed by atoms with E-state index in [0.29, 0.717) is 0 Å². The van der Waals surface area contributed by atoms with E-state index in [1.54, 1.807) is 6.20 Å². The zero-order valence-corrected chi connectivity index (χ0v) is 9.53. The Labute approximate surface area is 91.7 Å². The number of benzene rings is 1. The van der Waals surface area contributed by atoms with E-state index in [1.807, 2.05) is 17.1 Å². The Morgan fingerprint density at radius 3 is 2.93 bits per heavy atom. The van der Waals surface area contributed by atoms with E-state index in [2.05, 4.69) is 46.0 Å². The van der Waals surface area contributed by atoms with Crippen molar-refractivity contribution in [2.45, 2.75) is 12.3 Å². The molecule has 1 aromatic carbocycles. The summed E-state index contributed by atoms with van der Waals surface area (Å²) >= 11 is 3.49. The highest BCUT2D eigenvalue weighted by molar-refractivity contribution is 9.08. The summed E-state index contributed by atoms with van der Waals surface area (Å²) in [5, 5.41) is 0.863. The molecule has 0 saturated carbocycles. The fourth-order valence-electron chi connectivity index (χ4n) is 1.47. The number of rotatable bonds is 2. The molecule has 0 fully saturated rings. The summed E-state index contributed by atoms with van der Waals surface area (Å²) in [5.41, 5.74) is 3.75. The van der Waals surface area contributed by atoms with Crippen molar-refractivity contribution in [1.82, 2.24) is 9.55 Å². The van der Waals surface area contributed by atoms with E-state index in [9.17, 15) is 0 Å². The number of hydrogen-bond donors (Lipinski definition) is 0. The monoisotopic (exact) mass is 250 g/mol. The average Bonchev–Trinajstić information content (AvgIpc) is 2.70. The molecule has 0 unspecified atom stereocenters. The first-order valence-electron chi connectivity index (χ1n) is 4.45. The van der Waals surface area contributed by atoms with E-state index in [0.717, 1.165) is 5.33 Å². The Hall–Kier alpha value is -1.09. The van der Waals surface area contributed by atoms with Crippen LogP contribution in [0.2, 0.25) is 0 Å². The smallest absolute Gasteiger partial charge is 0.0991 e. The summed E-state index contributed by atoms with van der Waals surface area (Å²) in [6.45, 7) is 2.10. The van der Waals surface area contributed by atoms with E-state index < -0.39 is 0 Å². The normalized spacial score (nSPS) is 10.4. The topological polar surface area (TPSA) is 17.8 Å². The van der Waals surface area contributed by atoms with Crippen LogP contribution in [-0.2, 0) is 5.33 Å². The molecule has 2 rings (SSSR count). The number of aryl methyl sites for hydroxylation is 1. The molecule has 0 radical (unpaired) electrons. The molecule has 3 heteroatoms. The third-order valence-electron chi connectivity index (χ3n) is 2.16. The van der Waals surface area contributed by atoms with Crippen LogP contribution in [0.15, 0.2) is 36.9 Å². The van der Waals surface area contributed by atoms with E-state index in [4.69, 9.17) is 0 Å². The molecule has 0 aliphatic carbocycles. The van der Waals surface area contributed by atoms with Crippen LogP contribution in [0.5, 0.6) is 0 Å². The summed E-state index contributed by atoms with van der Waals surface area (Å²) in [6.07, 6.45) is 5.56. The molecule has 2 aromatic rings. The van der Waals surface area contributed by atoms with Crippen LogP contribution in [0, 0.1) is 6.92 Å². The minimum absolute atomic E-state index is 0.863. The molecule has 2 nitrogen and oxygen atoms in total. The van der Waals surface area contributed by atoms with Crippen LogP contribution in [0.3, 0.4) is 0 Å². The second kappa shape index (κ2) is 3.96. The highest BCUT2D eigenvalue weighted by Crippen LogP contribution is 2.18. The van der Waals surface area contributed by atoms with E-state index in [1.165, 1.54) is 16.8 Å². The molecule has 0 aliphatic heterocycles. The molecule has 0 amide bonds. The first-order valence-corrected chi connectivity index (χ1v) is 5.57. The minimum Gasteiger partial charge on any atom is -0.306 e. The Morgan fingerprint density at radius 2 is 2.29 bits per heavy atom. The van der Waals surface area contributed by atoms with Gasteiger partial charge in [0.25, 0.3) is 0 Å². The van der Waals surface area contributed by atoms with Crippen LogP contribution in [0.25, 0.3) is 5.69 Å². The van der Waals surface area contributed by atoms with Crippen molar-refractivity contribution in [3.8, 4) is 5.69 Å². The third-order valence-corrected chi connectivity index (χ3v) is 2.77. The summed E-state index contributed by atoms with van der Waals surface area (Å²) in [7, 11) is 0. The number of nitrogens with zero attached hydrogens (tertiary/aromatic N) is 2. The van der Waals surface area contributed by atoms with Gasteiger partial charge in [0.15, 0.2) is 0 Å². The van der Waals surface area contributed by atoms with Crippen LogP contribution in [0.4, 0.5) is 0 Å². The number of imidazole rings is 1. The van der Waals surface area contributed by atoms with E-state index in [-0.39, 0.29) is 0 Å². The van der Waals surface area contributed by atoms with Crippen molar-refractivity contribution in [3.05, 3.63) is 48.0 Å². The van der Waals surface area contributed by atoms with Crippen molar-refractivity contribution < 1.29 is 0 Å². The summed E-state index contributed by atoms with van der Waals surface area (Å²) in [6, 6.07) is 6.42. The fraction of sp³-hybridized carbons (Fsp3) is 0.182. The van der Waals surface area contributed by atoms with Crippen molar-refractivity contribution >= 4 is 15.9 Å². The first-order chi connectivity index (χ1) is 6.81. The van der Waals surface area contributed by atoms with Gasteiger partial charge in [-0.1, -0.05) is 33.6 Å². The number of alkyl halides is 1. The van der Waals surface area contributed by atoms with Crippen molar-refractivity contribution in [1.29, 1.82) is 0 Å². The van der Waals surface area contributed by atoms with Crippen LogP contribution in [-0.4, -0.2) is 9.55 Å². The third kappa shape index (κ3) is 1.73. The molecular weight excluding hydrogens is 240 g/mol. The zero-order valence-electron chi connectivity index (χ0n) is 7.94. The Balaban J connectivity index is 2.53. The standard InChI is InChI=1S/C11H11BrN2/c1-9-2-3-11(10(6-9)7-12)14-5-4-13-8-14/h2-6,8H,7H2,1H3. The molecule has 1 heterocycles. The zero-order chi connectivity index (χ0) is 9.97. The number of aromatic nitrogens is 2. The molecule has 0 N–H and O–H groups in total. The lowest BCUT2D eigenvalue weighted by molar-refractivity contribution is 1.03. The van der Waals surface area contributed by atoms with Crippen LogP contribution in [0.1, 0.15) is 11.1 Å². The lowest BCUT2D eigenvalue weighted by Gasteiger charge is -2.08. The number of halogens is 1. The highest BCUT2D eigenvalue weighted by atomic mass is 79.9. The summed E-state index contributed by atoms with van der Waals surface area (Å²) in [4.78, 5) is 4.04. The fourth-order valence-corrected chi connectivity index (χ4v) is 1.92. The largest absolute Gasteiger partial charge is 0.306 e. The Kier molecular flexibility index (Phi) is 2.68. The molecule has 14 heavy (non-hydrogen) atoms. The van der Waals surface area contributed by atoms with Crippen LogP contribution < -0.4 is 0 Å². The van der Waals surface area contributed by atoms with Gasteiger partial charge in [0.1, 0.15) is 0 Å². The lowest BCUT2D eigenvalue weighted by Crippen LogP contribution is -1.95. The second-order valence-corrected chi connectivity index (χ2v) is 3.80. The van der Waals surface area contributed by atoms with Gasteiger partial charge in [0.05, 0.1) is 12.0 Å². The van der Waals surface area contributed by atoms with Gasteiger partial charge in [-0.15, -0.1) is 0 Å². The number of hydrogen-bond acceptors (Lipinski definition) is 1. The summed E-state index contributed by atoms with van der Waals surface area (Å²) in [5.74, 6) is 0. The van der Waals surface area contributed by atoms with Gasteiger partial charge in [0, 0.05) is 17.7 Å². The molecule has 0 aliphatic rings. The molecule has 0 spiro atoms. The van der Waals surface area contributed by atoms with Crippen molar-refractivity contribution in [3.63, 3.8) is 0 Å². The van der Waals surface area contributed by atoms with Crippen LogP contribution >= 0.6 is 15.9 Å². The predicted octanol–water partition coefficient (Wildman–Crippen LogP) is 3.08. The average molecular weight is 251 g/mol. The van der Waals surface area contributed by atoms with Gasteiger partial charge in [0.2, 0.25) is 0 Å². The van der Waals surface area contributed by atoms with Crippen molar-refractivity contribution in [2.24, 2.45) is 0 Å². The molecular formula is C11H11BrN2. The maximum absolute atomic E-state index is 4.04. The summed E-state index contributed by atoms with van der Waals surface area (Å²) < 4.78 is 2.02. The van der Waals surface area contributed by atoms with E-state index >= 15 is 0 Å². The Morgan fingerprint density at radius 1 is 1.43 bits per heavy atom. The maximum Gasteiger partial charge on any atom is 0.0991 e. The van der Waals surface area contributed by atoms with Gasteiger partial charge < -0.3 is 4.57 Å². The molecule has 1 aromatic heterocycles. The lowest BCUT2D eigenvalue weighted by atomic mass is 10.1. The van der Waals surface area contributed by atoms with Gasteiger partial charge in [-0.25, -0.2) is 4.98 Å². The van der Waals surface area contributed by atoms with Gasteiger partial charge in [-0.2, -0.15) is 0 Å². The SMILES string of the molecule is Cc1ccc(-n2ccnc2)c(CBr)c1. The molecule has 0 saturated heterocycles. The molecule has 72 valence electrons. The molecule has 0 atom stereocenters. The maximum atomic E-state index is 4.04. The predicted molar refractivity (Wildman–Crippen MR) is 60.9 cm³/mol. The highest BCUT2D eigenvalue weighted by Gasteiger charge is 2.02. The van der Waals surface area contributed by atoms with Gasteiger partial charge >= 0.3 is 0 Å². The molecule has 0 bridgehead atoms. The van der Waals surface area contributed by atoms with Gasteiger partial charge in [-0.05, 0) is 18.6 Å². The first kappa shape index (κ1) is 9.46. The van der Waals surface area contributed by atoms with Crippen molar-refractivity contribution in [2.75, 3.05) is 0 Å². The minimum atomic E-state index is 0.863. The van der Waals surface area contributed by atoms with Gasteiger partial charge in [-0.3, -0.25) is 0 Å². The quantitative estimate of drug-likeness (QED) is 0.750. The Bertz CT molecular complexity index is 421. The second-order valence-electron chi connectivity index (χ2n) is 3.24.